The van der Waals surface area contributed by atoms with Crippen molar-refractivity contribution in [3.63, 3.8) is 0 Å². The van der Waals surface area contributed by atoms with Gasteiger partial charge < -0.3 is 14.2 Å². The lowest BCUT2D eigenvalue weighted by molar-refractivity contribution is 0.199. The molecule has 0 radical (unpaired) electrons. The highest BCUT2D eigenvalue weighted by Crippen LogP contribution is 2.34. The fourth-order valence-corrected chi connectivity index (χ4v) is 5.31. The number of aromatic nitrogens is 1. The largest absolute Gasteiger partial charge is 0.457 e. The summed E-state index contributed by atoms with van der Waals surface area (Å²) in [5.74, 6) is 2.50. The summed E-state index contributed by atoms with van der Waals surface area (Å²) in [6.07, 6.45) is 1.01. The van der Waals surface area contributed by atoms with Gasteiger partial charge >= 0.3 is 6.03 Å². The Labute approximate surface area is 208 Å². The van der Waals surface area contributed by atoms with Crippen LogP contribution >= 0.6 is 11.6 Å². The van der Waals surface area contributed by atoms with Crippen molar-refractivity contribution < 1.29 is 14.1 Å². The van der Waals surface area contributed by atoms with Crippen LogP contribution in [0.1, 0.15) is 12.0 Å². The van der Waals surface area contributed by atoms with E-state index in [0.717, 1.165) is 49.5 Å². The lowest BCUT2D eigenvalue weighted by Crippen LogP contribution is -2.42. The standard InChI is InChI=1S/C27H25ClN4O3/c28-20-8-10-21(11-9-20)34-22-5-3-4-18(14-22)15-31-16-19-12-13-32(24(19)17-31)27(33)29-26-23-6-1-2-7-25(23)35-30-26/h1-11,14,19,24H,12-13,15-17H2,(H,29,30,33). The highest BCUT2D eigenvalue weighted by atomic mass is 35.5. The molecular weight excluding hydrogens is 464 g/mol. The van der Waals surface area contributed by atoms with Crippen LogP contribution in [0.2, 0.25) is 5.02 Å². The van der Waals surface area contributed by atoms with Gasteiger partial charge in [-0.05, 0) is 66.4 Å². The van der Waals surface area contributed by atoms with Crippen LogP contribution in [-0.2, 0) is 6.54 Å². The molecular formula is C27H25ClN4O3. The van der Waals surface area contributed by atoms with E-state index in [1.54, 1.807) is 0 Å². The lowest BCUT2D eigenvalue weighted by Gasteiger charge is -2.25. The number of hydrogen-bond donors (Lipinski definition) is 1. The fraction of sp³-hybridized carbons (Fsp3) is 0.259. The summed E-state index contributed by atoms with van der Waals surface area (Å²) in [6, 6.07) is 23.1. The topological polar surface area (TPSA) is 70.8 Å². The Morgan fingerprint density at radius 3 is 2.80 bits per heavy atom. The normalized spacial score (nSPS) is 19.7. The van der Waals surface area contributed by atoms with E-state index >= 15 is 0 Å². The van der Waals surface area contributed by atoms with Crippen LogP contribution in [0.3, 0.4) is 0 Å². The van der Waals surface area contributed by atoms with E-state index in [2.05, 4.69) is 27.5 Å². The van der Waals surface area contributed by atoms with E-state index in [1.807, 2.05) is 65.6 Å². The molecule has 0 spiro atoms. The molecule has 178 valence electrons. The van der Waals surface area contributed by atoms with Gasteiger partial charge in [-0.25, -0.2) is 4.79 Å². The van der Waals surface area contributed by atoms with Crippen LogP contribution < -0.4 is 10.1 Å². The third kappa shape index (κ3) is 4.57. The molecule has 4 aromatic rings. The number of halogens is 1. The summed E-state index contributed by atoms with van der Waals surface area (Å²) in [7, 11) is 0. The summed E-state index contributed by atoms with van der Waals surface area (Å²) in [6.45, 7) is 3.40. The van der Waals surface area contributed by atoms with Crippen LogP contribution in [0.25, 0.3) is 11.0 Å². The van der Waals surface area contributed by atoms with Gasteiger partial charge in [-0.1, -0.05) is 41.0 Å². The van der Waals surface area contributed by atoms with E-state index in [1.165, 1.54) is 5.56 Å². The number of carbonyl (C=O) groups is 1. The SMILES string of the molecule is O=C(Nc1noc2ccccc12)N1CCC2CN(Cc3cccc(Oc4ccc(Cl)cc4)c3)CC21. The number of anilines is 1. The minimum atomic E-state index is -0.114. The maximum Gasteiger partial charge on any atom is 0.323 e. The van der Waals surface area contributed by atoms with E-state index < -0.39 is 0 Å². The molecule has 2 fully saturated rings. The van der Waals surface area contributed by atoms with Crippen molar-refractivity contribution in [3.05, 3.63) is 83.4 Å². The van der Waals surface area contributed by atoms with Gasteiger partial charge in [-0.15, -0.1) is 0 Å². The van der Waals surface area contributed by atoms with Crippen molar-refractivity contribution in [2.24, 2.45) is 5.92 Å². The number of nitrogens with zero attached hydrogens (tertiary/aromatic N) is 3. The second-order valence-electron chi connectivity index (χ2n) is 9.16. The summed E-state index contributed by atoms with van der Waals surface area (Å²) in [5, 5.41) is 8.49. The molecule has 2 unspecified atom stereocenters. The number of para-hydroxylation sites is 1. The van der Waals surface area contributed by atoms with Crippen molar-refractivity contribution in [2.75, 3.05) is 25.0 Å². The van der Waals surface area contributed by atoms with Crippen LogP contribution in [-0.4, -0.2) is 46.7 Å². The number of hydrogen-bond acceptors (Lipinski definition) is 5. The Bertz CT molecular complexity index is 1360. The van der Waals surface area contributed by atoms with Gasteiger partial charge in [0.05, 0.1) is 11.4 Å². The van der Waals surface area contributed by atoms with Crippen LogP contribution in [0, 0.1) is 5.92 Å². The first-order valence-electron chi connectivity index (χ1n) is 11.8. The van der Waals surface area contributed by atoms with Crippen molar-refractivity contribution >= 4 is 34.4 Å². The van der Waals surface area contributed by atoms with Crippen molar-refractivity contribution in [2.45, 2.75) is 19.0 Å². The third-order valence-electron chi connectivity index (χ3n) is 6.84. The average Bonchev–Trinajstić information content (AvgIpc) is 3.55. The summed E-state index contributed by atoms with van der Waals surface area (Å²) < 4.78 is 11.3. The molecule has 2 amide bonds. The second-order valence-corrected chi connectivity index (χ2v) is 9.60. The molecule has 8 heteroatoms. The van der Waals surface area contributed by atoms with Gasteiger partial charge in [0, 0.05) is 31.2 Å². The first-order valence-corrected chi connectivity index (χ1v) is 12.2. The number of likely N-dealkylation sites (tertiary alicyclic amines) is 2. The average molecular weight is 489 g/mol. The summed E-state index contributed by atoms with van der Waals surface area (Å²) >= 11 is 5.97. The zero-order valence-corrected chi connectivity index (χ0v) is 19.8. The predicted molar refractivity (Wildman–Crippen MR) is 135 cm³/mol. The first kappa shape index (κ1) is 21.9. The lowest BCUT2D eigenvalue weighted by atomic mass is 10.1. The van der Waals surface area contributed by atoms with Crippen LogP contribution in [0.15, 0.2) is 77.3 Å². The molecule has 0 aliphatic carbocycles. The fourth-order valence-electron chi connectivity index (χ4n) is 5.18. The molecule has 0 saturated carbocycles. The molecule has 2 atom stereocenters. The van der Waals surface area contributed by atoms with Crippen molar-refractivity contribution in [3.8, 4) is 11.5 Å². The maximum atomic E-state index is 13.1. The van der Waals surface area contributed by atoms with Gasteiger partial charge in [0.25, 0.3) is 0 Å². The van der Waals surface area contributed by atoms with Gasteiger partial charge in [0.15, 0.2) is 11.4 Å². The Balaban J connectivity index is 1.09. The number of amides is 2. The number of ether oxygens (including phenoxy) is 1. The molecule has 3 heterocycles. The summed E-state index contributed by atoms with van der Waals surface area (Å²) in [5.41, 5.74) is 1.85. The second kappa shape index (κ2) is 9.24. The number of urea groups is 1. The van der Waals surface area contributed by atoms with Gasteiger partial charge in [-0.2, -0.15) is 0 Å². The van der Waals surface area contributed by atoms with Gasteiger partial charge in [0.1, 0.15) is 11.5 Å². The highest BCUT2D eigenvalue weighted by Gasteiger charge is 2.43. The molecule has 7 nitrogen and oxygen atoms in total. The molecule has 6 rings (SSSR count). The molecule has 1 aromatic heterocycles. The molecule has 1 N–H and O–H groups in total. The Morgan fingerprint density at radius 2 is 1.91 bits per heavy atom. The highest BCUT2D eigenvalue weighted by molar-refractivity contribution is 6.30. The van der Waals surface area contributed by atoms with E-state index in [-0.39, 0.29) is 12.1 Å². The zero-order valence-electron chi connectivity index (χ0n) is 19.1. The molecule has 35 heavy (non-hydrogen) atoms. The van der Waals surface area contributed by atoms with Crippen molar-refractivity contribution in [1.29, 1.82) is 0 Å². The van der Waals surface area contributed by atoms with Crippen LogP contribution in [0.4, 0.5) is 10.6 Å². The molecule has 2 aliphatic heterocycles. The Morgan fingerprint density at radius 1 is 1.06 bits per heavy atom. The number of rotatable bonds is 5. The van der Waals surface area contributed by atoms with Gasteiger partial charge in [-0.3, -0.25) is 10.2 Å². The van der Waals surface area contributed by atoms with Gasteiger partial charge in [0.2, 0.25) is 0 Å². The number of fused-ring (bicyclic) bond motifs is 2. The number of nitrogens with one attached hydrogen (secondary N) is 1. The molecule has 2 saturated heterocycles. The Hall–Kier alpha value is -3.55. The first-order chi connectivity index (χ1) is 17.1. The number of carbonyl (C=O) groups excluding carboxylic acids is 1. The quantitative estimate of drug-likeness (QED) is 0.372. The maximum absolute atomic E-state index is 13.1. The van der Waals surface area contributed by atoms with E-state index in [0.29, 0.717) is 22.3 Å². The molecule has 3 aromatic carbocycles. The minimum Gasteiger partial charge on any atom is -0.457 e. The van der Waals surface area contributed by atoms with Crippen molar-refractivity contribution in [1.82, 2.24) is 15.0 Å². The van der Waals surface area contributed by atoms with E-state index in [9.17, 15) is 4.79 Å². The smallest absolute Gasteiger partial charge is 0.323 e. The minimum absolute atomic E-state index is 0.114. The predicted octanol–water partition coefficient (Wildman–Crippen LogP) is 6.01. The Kier molecular flexibility index (Phi) is 5.80. The van der Waals surface area contributed by atoms with Crippen LogP contribution in [0.5, 0.6) is 11.5 Å². The third-order valence-corrected chi connectivity index (χ3v) is 7.09. The van der Waals surface area contributed by atoms with E-state index in [4.69, 9.17) is 20.9 Å². The summed E-state index contributed by atoms with van der Waals surface area (Å²) in [4.78, 5) is 17.5. The molecule has 2 aliphatic rings. The molecule has 0 bridgehead atoms. The zero-order chi connectivity index (χ0) is 23.8. The number of benzene rings is 3. The monoisotopic (exact) mass is 488 g/mol.